The molecule has 1 aromatic rings. The maximum atomic E-state index is 5.82. The van der Waals surface area contributed by atoms with E-state index < -0.39 is 0 Å². The molecule has 2 N–H and O–H groups in total. The van der Waals surface area contributed by atoms with Crippen molar-refractivity contribution in [3.05, 3.63) is 23.8 Å². The van der Waals surface area contributed by atoms with E-state index in [0.717, 1.165) is 36.8 Å². The van der Waals surface area contributed by atoms with Crippen molar-refractivity contribution in [2.24, 2.45) is 11.7 Å². The highest BCUT2D eigenvalue weighted by molar-refractivity contribution is 5.56. The Morgan fingerprint density at radius 3 is 2.95 bits per heavy atom. The van der Waals surface area contributed by atoms with E-state index >= 15 is 0 Å². The molecule has 0 aromatic heterocycles. The highest BCUT2D eigenvalue weighted by Gasteiger charge is 2.17. The second kappa shape index (κ2) is 6.78. The number of anilines is 1. The van der Waals surface area contributed by atoms with Crippen LogP contribution in [0.3, 0.4) is 0 Å². The first kappa shape index (κ1) is 14.2. The highest BCUT2D eigenvalue weighted by Crippen LogP contribution is 2.27. The fourth-order valence-corrected chi connectivity index (χ4v) is 2.64. The van der Waals surface area contributed by atoms with Crippen LogP contribution >= 0.6 is 0 Å². The lowest BCUT2D eigenvalue weighted by atomic mass is 10.0. The van der Waals surface area contributed by atoms with Crippen molar-refractivity contribution in [2.45, 2.75) is 19.4 Å². The van der Waals surface area contributed by atoms with Crippen LogP contribution in [0.15, 0.2) is 18.2 Å². The summed E-state index contributed by atoms with van der Waals surface area (Å²) in [6.07, 6.45) is 2.41. The number of nitrogens with zero attached hydrogens (tertiary/aromatic N) is 1. The molecular formula is C15H24N2O2. The SMILES string of the molecule is COc1ccc(CN)c(N(C)CC2CCCOC2)c1. The van der Waals surface area contributed by atoms with Crippen molar-refractivity contribution in [3.63, 3.8) is 0 Å². The van der Waals surface area contributed by atoms with Gasteiger partial charge < -0.3 is 20.1 Å². The topological polar surface area (TPSA) is 47.7 Å². The Morgan fingerprint density at radius 1 is 1.47 bits per heavy atom. The Morgan fingerprint density at radius 2 is 2.32 bits per heavy atom. The molecule has 0 saturated carbocycles. The molecule has 1 atom stereocenters. The normalized spacial score (nSPS) is 19.2. The van der Waals surface area contributed by atoms with Crippen LogP contribution in [0.4, 0.5) is 5.69 Å². The second-order valence-electron chi connectivity index (χ2n) is 5.16. The summed E-state index contributed by atoms with van der Waals surface area (Å²) < 4.78 is 10.8. The minimum atomic E-state index is 0.546. The van der Waals surface area contributed by atoms with Crippen LogP contribution in [0.25, 0.3) is 0 Å². The molecule has 1 heterocycles. The zero-order valence-electron chi connectivity index (χ0n) is 11.9. The van der Waals surface area contributed by atoms with E-state index in [9.17, 15) is 0 Å². The number of ether oxygens (including phenoxy) is 2. The van der Waals surface area contributed by atoms with Gasteiger partial charge >= 0.3 is 0 Å². The lowest BCUT2D eigenvalue weighted by Crippen LogP contribution is -2.31. The van der Waals surface area contributed by atoms with Gasteiger partial charge in [-0.1, -0.05) is 6.07 Å². The quantitative estimate of drug-likeness (QED) is 0.884. The molecular weight excluding hydrogens is 240 g/mol. The molecule has 1 fully saturated rings. The van der Waals surface area contributed by atoms with Gasteiger partial charge in [-0.25, -0.2) is 0 Å². The van der Waals surface area contributed by atoms with E-state index in [-0.39, 0.29) is 0 Å². The van der Waals surface area contributed by atoms with Gasteiger partial charge in [0.2, 0.25) is 0 Å². The van der Waals surface area contributed by atoms with Crippen molar-refractivity contribution >= 4 is 5.69 Å². The minimum absolute atomic E-state index is 0.546. The summed E-state index contributed by atoms with van der Waals surface area (Å²) in [4.78, 5) is 2.27. The predicted octanol–water partition coefficient (Wildman–Crippen LogP) is 2.02. The Hall–Kier alpha value is -1.26. The molecule has 106 valence electrons. The Kier molecular flexibility index (Phi) is 5.05. The molecule has 0 bridgehead atoms. The van der Waals surface area contributed by atoms with Gasteiger partial charge in [0.25, 0.3) is 0 Å². The lowest BCUT2D eigenvalue weighted by molar-refractivity contribution is 0.0576. The summed E-state index contributed by atoms with van der Waals surface area (Å²) in [5.41, 5.74) is 8.13. The van der Waals surface area contributed by atoms with Crippen LogP contribution in [0, 0.1) is 5.92 Å². The summed E-state index contributed by atoms with van der Waals surface area (Å²) in [7, 11) is 3.80. The molecule has 0 radical (unpaired) electrons. The third kappa shape index (κ3) is 3.61. The van der Waals surface area contributed by atoms with Crippen LogP contribution in [0.1, 0.15) is 18.4 Å². The van der Waals surface area contributed by atoms with Crippen molar-refractivity contribution < 1.29 is 9.47 Å². The van der Waals surface area contributed by atoms with Gasteiger partial charge in [-0.05, 0) is 30.4 Å². The number of rotatable bonds is 5. The maximum Gasteiger partial charge on any atom is 0.120 e. The fourth-order valence-electron chi connectivity index (χ4n) is 2.64. The summed E-state index contributed by atoms with van der Waals surface area (Å²) in [6, 6.07) is 6.07. The van der Waals surface area contributed by atoms with Gasteiger partial charge in [-0.15, -0.1) is 0 Å². The molecule has 0 aliphatic carbocycles. The first-order chi connectivity index (χ1) is 9.24. The molecule has 2 rings (SSSR count). The van der Waals surface area contributed by atoms with Gasteiger partial charge in [0.15, 0.2) is 0 Å². The van der Waals surface area contributed by atoms with Crippen LogP contribution in [-0.4, -0.2) is 33.9 Å². The Labute approximate surface area is 115 Å². The van der Waals surface area contributed by atoms with Gasteiger partial charge in [0, 0.05) is 38.5 Å². The number of nitrogens with two attached hydrogens (primary N) is 1. The molecule has 1 aliphatic heterocycles. The van der Waals surface area contributed by atoms with E-state index in [4.69, 9.17) is 15.2 Å². The zero-order valence-corrected chi connectivity index (χ0v) is 11.9. The Bertz CT molecular complexity index is 403. The number of hydrogen-bond donors (Lipinski definition) is 1. The van der Waals surface area contributed by atoms with Crippen LogP contribution in [0.5, 0.6) is 5.75 Å². The van der Waals surface area contributed by atoms with E-state index in [2.05, 4.69) is 18.0 Å². The average Bonchev–Trinajstić information content (AvgIpc) is 2.47. The molecule has 1 saturated heterocycles. The van der Waals surface area contributed by atoms with Crippen molar-refractivity contribution in [1.82, 2.24) is 0 Å². The first-order valence-electron chi connectivity index (χ1n) is 6.90. The van der Waals surface area contributed by atoms with Crippen molar-refractivity contribution in [3.8, 4) is 5.75 Å². The monoisotopic (exact) mass is 264 g/mol. The number of benzene rings is 1. The molecule has 4 heteroatoms. The maximum absolute atomic E-state index is 5.82. The van der Waals surface area contributed by atoms with E-state index in [1.54, 1.807) is 7.11 Å². The van der Waals surface area contributed by atoms with E-state index in [1.165, 1.54) is 12.8 Å². The second-order valence-corrected chi connectivity index (χ2v) is 5.16. The molecule has 1 aromatic carbocycles. The summed E-state index contributed by atoms with van der Waals surface area (Å²) in [5.74, 6) is 1.48. The van der Waals surface area contributed by atoms with Crippen molar-refractivity contribution in [2.75, 3.05) is 38.8 Å². The van der Waals surface area contributed by atoms with E-state index in [1.807, 2.05) is 12.1 Å². The predicted molar refractivity (Wildman–Crippen MR) is 77.7 cm³/mol. The van der Waals surface area contributed by atoms with Crippen molar-refractivity contribution in [1.29, 1.82) is 0 Å². The van der Waals surface area contributed by atoms with E-state index in [0.29, 0.717) is 12.5 Å². The summed E-state index contributed by atoms with van der Waals surface area (Å²) >= 11 is 0. The van der Waals surface area contributed by atoms with Crippen LogP contribution in [-0.2, 0) is 11.3 Å². The highest BCUT2D eigenvalue weighted by atomic mass is 16.5. The standard InChI is InChI=1S/C15H24N2O2/c1-17(10-12-4-3-7-19-11-12)15-8-14(18-2)6-5-13(15)9-16/h5-6,8,12H,3-4,7,9-11,16H2,1-2H3. The van der Waals surface area contributed by atoms with Crippen LogP contribution < -0.4 is 15.4 Å². The molecule has 0 amide bonds. The lowest BCUT2D eigenvalue weighted by Gasteiger charge is -2.29. The molecule has 0 spiro atoms. The molecule has 1 aliphatic rings. The largest absolute Gasteiger partial charge is 0.497 e. The molecule has 1 unspecified atom stereocenters. The fraction of sp³-hybridized carbons (Fsp3) is 0.600. The smallest absolute Gasteiger partial charge is 0.120 e. The Balaban J connectivity index is 2.09. The average molecular weight is 264 g/mol. The van der Waals surface area contributed by atoms with Gasteiger partial charge in [0.1, 0.15) is 5.75 Å². The summed E-state index contributed by atoms with van der Waals surface area (Å²) in [5, 5.41) is 0. The third-order valence-corrected chi connectivity index (χ3v) is 3.71. The number of methoxy groups -OCH3 is 1. The number of hydrogen-bond acceptors (Lipinski definition) is 4. The van der Waals surface area contributed by atoms with Crippen LogP contribution in [0.2, 0.25) is 0 Å². The summed E-state index contributed by atoms with van der Waals surface area (Å²) in [6.45, 7) is 3.32. The minimum Gasteiger partial charge on any atom is -0.497 e. The van der Waals surface area contributed by atoms with Gasteiger partial charge in [-0.2, -0.15) is 0 Å². The molecule has 4 nitrogen and oxygen atoms in total. The molecule has 19 heavy (non-hydrogen) atoms. The van der Waals surface area contributed by atoms with Gasteiger partial charge in [-0.3, -0.25) is 0 Å². The zero-order chi connectivity index (χ0) is 13.7. The third-order valence-electron chi connectivity index (χ3n) is 3.71. The first-order valence-corrected chi connectivity index (χ1v) is 6.90. The van der Waals surface area contributed by atoms with Gasteiger partial charge in [0.05, 0.1) is 13.7 Å².